The van der Waals surface area contributed by atoms with E-state index in [4.69, 9.17) is 9.47 Å². The normalized spacial score (nSPS) is 26.7. The van der Waals surface area contributed by atoms with E-state index in [0.717, 1.165) is 0 Å². The Kier molecular flexibility index (Phi) is 7.60. The van der Waals surface area contributed by atoms with Crippen molar-refractivity contribution in [1.82, 2.24) is 0 Å². The average molecular weight is 482 g/mol. The average Bonchev–Trinajstić information content (AvgIpc) is 2.80. The molecular formula is C22H26O12. The third-order valence-corrected chi connectivity index (χ3v) is 5.92. The standard InChI is InChI=1S/C22H26O12/c1-8(20(29)30)12(24)6-11-14(21(31)32)15(25)9-4-2-3-5-10(9)19(11)34-22-18(28)17(27)16(26)13(7-23)33-22/h2-5,8,12-13,16-18,22-28H,6-7H2,1H3,(H,29,30)(H,31,32)/t8-,12+,13+,16+,17-,18+,22-/m0/s1. The van der Waals surface area contributed by atoms with Crippen molar-refractivity contribution >= 4 is 22.7 Å². The second kappa shape index (κ2) is 10.1. The molecule has 0 bridgehead atoms. The number of hydrogen-bond acceptors (Lipinski definition) is 10. The van der Waals surface area contributed by atoms with E-state index < -0.39 is 79.0 Å². The molecule has 0 unspecified atom stereocenters. The van der Waals surface area contributed by atoms with E-state index in [1.807, 2.05) is 0 Å². The van der Waals surface area contributed by atoms with Crippen LogP contribution in [-0.4, -0.2) is 96.2 Å². The number of aliphatic carboxylic acids is 1. The molecule has 1 aliphatic heterocycles. The highest BCUT2D eigenvalue weighted by Gasteiger charge is 2.45. The van der Waals surface area contributed by atoms with Crippen LogP contribution in [0.5, 0.6) is 11.5 Å². The van der Waals surface area contributed by atoms with Gasteiger partial charge in [0.25, 0.3) is 0 Å². The fraction of sp³-hybridized carbons (Fsp3) is 0.455. The van der Waals surface area contributed by atoms with Crippen molar-refractivity contribution in [2.24, 2.45) is 5.92 Å². The van der Waals surface area contributed by atoms with Crippen molar-refractivity contribution in [3.8, 4) is 11.5 Å². The van der Waals surface area contributed by atoms with Gasteiger partial charge in [0, 0.05) is 22.8 Å². The minimum absolute atomic E-state index is 0.0454. The maximum Gasteiger partial charge on any atom is 0.339 e. The number of carbonyl (C=O) groups is 2. The lowest BCUT2D eigenvalue weighted by Crippen LogP contribution is -2.60. The fourth-order valence-electron chi connectivity index (χ4n) is 3.83. The second-order valence-electron chi connectivity index (χ2n) is 8.10. The van der Waals surface area contributed by atoms with Crippen LogP contribution in [0.2, 0.25) is 0 Å². The SMILES string of the molecule is C[C@H](C(=O)O)[C@H](O)Cc1c(C(=O)O)c(O)c2ccccc2c1O[C@@H]1O[C@H](CO)[C@@H](O)[C@H](O)[C@H]1O. The number of aliphatic hydroxyl groups is 5. The lowest BCUT2D eigenvalue weighted by molar-refractivity contribution is -0.277. The smallest absolute Gasteiger partial charge is 0.339 e. The molecule has 1 fully saturated rings. The largest absolute Gasteiger partial charge is 0.506 e. The molecule has 34 heavy (non-hydrogen) atoms. The second-order valence-corrected chi connectivity index (χ2v) is 8.10. The van der Waals surface area contributed by atoms with Crippen LogP contribution in [0.15, 0.2) is 24.3 Å². The Morgan fingerprint density at radius 2 is 1.68 bits per heavy atom. The summed E-state index contributed by atoms with van der Waals surface area (Å²) in [7, 11) is 0. The minimum atomic E-state index is -1.82. The molecule has 3 rings (SSSR count). The predicted molar refractivity (Wildman–Crippen MR) is 113 cm³/mol. The Labute approximate surface area is 192 Å². The molecule has 12 nitrogen and oxygen atoms in total. The molecule has 1 saturated heterocycles. The molecule has 0 amide bonds. The molecule has 7 atom stereocenters. The van der Waals surface area contributed by atoms with Gasteiger partial charge in [-0.05, 0) is 6.92 Å². The number of aliphatic hydroxyl groups excluding tert-OH is 5. The first kappa shape index (κ1) is 25.6. The monoisotopic (exact) mass is 482 g/mol. The van der Waals surface area contributed by atoms with Gasteiger partial charge < -0.3 is 50.3 Å². The number of fused-ring (bicyclic) bond motifs is 1. The Hall–Kier alpha value is -3.00. The van der Waals surface area contributed by atoms with Crippen molar-refractivity contribution in [2.75, 3.05) is 6.61 Å². The van der Waals surface area contributed by atoms with Crippen molar-refractivity contribution in [1.29, 1.82) is 0 Å². The summed E-state index contributed by atoms with van der Waals surface area (Å²) in [6, 6.07) is 5.92. The molecule has 0 radical (unpaired) electrons. The van der Waals surface area contributed by atoms with Crippen LogP contribution in [0, 0.1) is 5.92 Å². The number of aromatic hydroxyl groups is 1. The number of aromatic carboxylic acids is 1. The zero-order valence-corrected chi connectivity index (χ0v) is 18.0. The Balaban J connectivity index is 2.19. The van der Waals surface area contributed by atoms with Gasteiger partial charge in [-0.3, -0.25) is 4.79 Å². The van der Waals surface area contributed by atoms with Crippen molar-refractivity contribution in [3.63, 3.8) is 0 Å². The Morgan fingerprint density at radius 1 is 1.06 bits per heavy atom. The van der Waals surface area contributed by atoms with Gasteiger partial charge in [-0.1, -0.05) is 24.3 Å². The fourth-order valence-corrected chi connectivity index (χ4v) is 3.83. The van der Waals surface area contributed by atoms with Crippen molar-refractivity contribution < 1.29 is 59.9 Å². The summed E-state index contributed by atoms with van der Waals surface area (Å²) >= 11 is 0. The molecule has 8 N–H and O–H groups in total. The Bertz CT molecular complexity index is 1070. The molecule has 0 aromatic heterocycles. The van der Waals surface area contributed by atoms with E-state index in [0.29, 0.717) is 0 Å². The maximum atomic E-state index is 12.1. The number of benzene rings is 2. The number of carboxylic acid groups (broad SMARTS) is 2. The predicted octanol–water partition coefficient (Wildman–Crippen LogP) is -0.954. The van der Waals surface area contributed by atoms with Crippen LogP contribution < -0.4 is 4.74 Å². The minimum Gasteiger partial charge on any atom is -0.506 e. The van der Waals surface area contributed by atoms with E-state index in [1.165, 1.54) is 25.1 Å². The van der Waals surface area contributed by atoms with Crippen LogP contribution in [0.25, 0.3) is 10.8 Å². The van der Waals surface area contributed by atoms with Gasteiger partial charge in [0.1, 0.15) is 41.5 Å². The highest BCUT2D eigenvalue weighted by atomic mass is 16.7. The summed E-state index contributed by atoms with van der Waals surface area (Å²) in [5, 5.41) is 80.3. The van der Waals surface area contributed by atoms with Gasteiger partial charge in [0.2, 0.25) is 6.29 Å². The van der Waals surface area contributed by atoms with E-state index >= 15 is 0 Å². The highest BCUT2D eigenvalue weighted by Crippen LogP contribution is 2.42. The molecule has 1 aliphatic rings. The van der Waals surface area contributed by atoms with Crippen LogP contribution >= 0.6 is 0 Å². The van der Waals surface area contributed by atoms with Gasteiger partial charge in [0.05, 0.1) is 18.6 Å². The third kappa shape index (κ3) is 4.64. The quantitative estimate of drug-likeness (QED) is 0.228. The van der Waals surface area contributed by atoms with Gasteiger partial charge in [-0.15, -0.1) is 0 Å². The summed E-state index contributed by atoms with van der Waals surface area (Å²) in [4.78, 5) is 23.4. The van der Waals surface area contributed by atoms with E-state index in [9.17, 15) is 50.4 Å². The van der Waals surface area contributed by atoms with E-state index in [-0.39, 0.29) is 22.1 Å². The number of hydrogen-bond donors (Lipinski definition) is 8. The summed E-state index contributed by atoms with van der Waals surface area (Å²) < 4.78 is 11.1. The maximum absolute atomic E-state index is 12.1. The van der Waals surface area contributed by atoms with Gasteiger partial charge in [-0.2, -0.15) is 0 Å². The van der Waals surface area contributed by atoms with Crippen molar-refractivity contribution in [3.05, 3.63) is 35.4 Å². The molecular weight excluding hydrogens is 456 g/mol. The molecule has 2 aromatic carbocycles. The summed E-state index contributed by atoms with van der Waals surface area (Å²) in [5.74, 6) is -5.14. The first-order valence-electron chi connectivity index (χ1n) is 10.4. The molecule has 0 aliphatic carbocycles. The topological polar surface area (TPSA) is 214 Å². The van der Waals surface area contributed by atoms with Crippen LogP contribution in [-0.2, 0) is 16.0 Å². The number of rotatable bonds is 8. The molecule has 1 heterocycles. The Morgan fingerprint density at radius 3 is 2.24 bits per heavy atom. The van der Waals surface area contributed by atoms with Crippen LogP contribution in [0.1, 0.15) is 22.8 Å². The van der Waals surface area contributed by atoms with Crippen LogP contribution in [0.3, 0.4) is 0 Å². The third-order valence-electron chi connectivity index (χ3n) is 5.92. The van der Waals surface area contributed by atoms with Crippen LogP contribution in [0.4, 0.5) is 0 Å². The van der Waals surface area contributed by atoms with Gasteiger partial charge >= 0.3 is 11.9 Å². The molecule has 186 valence electrons. The summed E-state index contributed by atoms with van der Waals surface area (Å²) in [5.41, 5.74) is -0.934. The lowest BCUT2D eigenvalue weighted by atomic mass is 9.90. The van der Waals surface area contributed by atoms with Gasteiger partial charge in [0.15, 0.2) is 0 Å². The van der Waals surface area contributed by atoms with E-state index in [2.05, 4.69) is 0 Å². The van der Waals surface area contributed by atoms with Crippen molar-refractivity contribution in [2.45, 2.75) is 50.2 Å². The molecule has 0 saturated carbocycles. The zero-order chi connectivity index (χ0) is 25.3. The summed E-state index contributed by atoms with van der Waals surface area (Å²) in [6.45, 7) is 0.482. The first-order chi connectivity index (χ1) is 16.0. The number of ether oxygens (including phenoxy) is 2. The summed E-state index contributed by atoms with van der Waals surface area (Å²) in [6.07, 6.45) is -10.4. The van der Waals surface area contributed by atoms with E-state index in [1.54, 1.807) is 6.07 Å². The molecule has 12 heteroatoms. The van der Waals surface area contributed by atoms with Gasteiger partial charge in [-0.25, -0.2) is 4.79 Å². The highest BCUT2D eigenvalue weighted by molar-refractivity contribution is 6.05. The lowest BCUT2D eigenvalue weighted by Gasteiger charge is -2.40. The number of carboxylic acids is 2. The first-order valence-corrected chi connectivity index (χ1v) is 10.4. The molecule has 2 aromatic rings. The number of phenols is 1. The zero-order valence-electron chi connectivity index (χ0n) is 18.0. The molecule has 0 spiro atoms.